The number of anilines is 1. The third-order valence-electron chi connectivity index (χ3n) is 3.53. The van der Waals surface area contributed by atoms with Gasteiger partial charge in [-0.1, -0.05) is 11.6 Å². The number of amides is 2. The second-order valence-corrected chi connectivity index (χ2v) is 5.66. The Balaban J connectivity index is 1.83. The number of piperidine rings is 1. The summed E-state index contributed by atoms with van der Waals surface area (Å²) in [6, 6.07) is 3.51. The van der Waals surface area contributed by atoms with Gasteiger partial charge < -0.3 is 15.5 Å². The molecular formula is C14H20ClN5O2. The second-order valence-electron chi connectivity index (χ2n) is 5.27. The van der Waals surface area contributed by atoms with Gasteiger partial charge in [0.25, 0.3) is 0 Å². The van der Waals surface area contributed by atoms with Crippen molar-refractivity contribution in [2.45, 2.75) is 19.8 Å². The van der Waals surface area contributed by atoms with Crippen LogP contribution in [-0.4, -0.2) is 48.2 Å². The van der Waals surface area contributed by atoms with Crippen LogP contribution in [0.1, 0.15) is 19.8 Å². The lowest BCUT2D eigenvalue weighted by Gasteiger charge is -2.32. The lowest BCUT2D eigenvalue weighted by Crippen LogP contribution is -2.45. The van der Waals surface area contributed by atoms with Gasteiger partial charge in [0.1, 0.15) is 0 Å². The first kappa shape index (κ1) is 16.5. The molecule has 0 aliphatic carbocycles. The van der Waals surface area contributed by atoms with Crippen molar-refractivity contribution in [3.8, 4) is 0 Å². The first-order valence-electron chi connectivity index (χ1n) is 7.32. The number of halogens is 1. The quantitative estimate of drug-likeness (QED) is 0.774. The molecule has 1 atom stereocenters. The van der Waals surface area contributed by atoms with Gasteiger partial charge in [-0.25, -0.2) is 0 Å². The van der Waals surface area contributed by atoms with Crippen LogP contribution in [0.2, 0.25) is 5.15 Å². The van der Waals surface area contributed by atoms with Gasteiger partial charge in [0.15, 0.2) is 11.0 Å². The number of nitrogens with zero attached hydrogens (tertiary/aromatic N) is 3. The molecule has 1 unspecified atom stereocenters. The number of aromatic nitrogens is 2. The molecule has 0 saturated carbocycles. The average Bonchev–Trinajstić information content (AvgIpc) is 2.52. The molecule has 7 nitrogen and oxygen atoms in total. The topological polar surface area (TPSA) is 87.2 Å². The second kappa shape index (κ2) is 7.93. The predicted molar refractivity (Wildman–Crippen MR) is 83.7 cm³/mol. The van der Waals surface area contributed by atoms with Crippen LogP contribution in [0.3, 0.4) is 0 Å². The molecule has 1 saturated heterocycles. The highest BCUT2D eigenvalue weighted by Gasteiger charge is 2.26. The van der Waals surface area contributed by atoms with E-state index in [9.17, 15) is 9.59 Å². The van der Waals surface area contributed by atoms with Crippen LogP contribution in [0.5, 0.6) is 0 Å². The van der Waals surface area contributed by atoms with E-state index in [1.54, 1.807) is 6.07 Å². The van der Waals surface area contributed by atoms with E-state index >= 15 is 0 Å². The summed E-state index contributed by atoms with van der Waals surface area (Å²) >= 11 is 5.74. The predicted octanol–water partition coefficient (Wildman–Crippen LogP) is 0.599. The van der Waals surface area contributed by atoms with Gasteiger partial charge >= 0.3 is 0 Å². The van der Waals surface area contributed by atoms with Crippen LogP contribution in [0.4, 0.5) is 5.82 Å². The number of nitrogens with one attached hydrogen (secondary N) is 2. The van der Waals surface area contributed by atoms with Gasteiger partial charge in [-0.2, -0.15) is 0 Å². The van der Waals surface area contributed by atoms with E-state index in [1.807, 2.05) is 11.0 Å². The fourth-order valence-corrected chi connectivity index (χ4v) is 2.55. The summed E-state index contributed by atoms with van der Waals surface area (Å²) in [5.74, 6) is 0.570. The van der Waals surface area contributed by atoms with E-state index in [4.69, 9.17) is 11.6 Å². The Morgan fingerprint density at radius 3 is 2.77 bits per heavy atom. The van der Waals surface area contributed by atoms with E-state index < -0.39 is 0 Å². The van der Waals surface area contributed by atoms with Crippen LogP contribution in [0, 0.1) is 5.92 Å². The Morgan fingerprint density at radius 1 is 1.32 bits per heavy atom. The van der Waals surface area contributed by atoms with Gasteiger partial charge in [0.2, 0.25) is 11.8 Å². The third-order valence-corrected chi connectivity index (χ3v) is 3.73. The highest BCUT2D eigenvalue weighted by Crippen LogP contribution is 2.21. The van der Waals surface area contributed by atoms with E-state index in [0.717, 1.165) is 25.2 Å². The molecule has 1 aliphatic rings. The monoisotopic (exact) mass is 325 g/mol. The van der Waals surface area contributed by atoms with Gasteiger partial charge in [-0.15, -0.1) is 10.2 Å². The highest BCUT2D eigenvalue weighted by atomic mass is 35.5. The van der Waals surface area contributed by atoms with Crippen LogP contribution in [0.15, 0.2) is 12.1 Å². The van der Waals surface area contributed by atoms with Crippen molar-refractivity contribution in [1.29, 1.82) is 0 Å². The number of carbonyl (C=O) groups excluding carboxylic acids is 2. The number of carbonyl (C=O) groups is 2. The highest BCUT2D eigenvalue weighted by molar-refractivity contribution is 6.29. The third kappa shape index (κ3) is 4.84. The fourth-order valence-electron chi connectivity index (χ4n) is 2.45. The Labute approximate surface area is 134 Å². The Hall–Kier alpha value is -1.89. The maximum absolute atomic E-state index is 12.2. The summed E-state index contributed by atoms with van der Waals surface area (Å²) in [4.78, 5) is 25.0. The van der Waals surface area contributed by atoms with Crippen LogP contribution in [0.25, 0.3) is 0 Å². The lowest BCUT2D eigenvalue weighted by atomic mass is 9.97. The van der Waals surface area contributed by atoms with E-state index in [-0.39, 0.29) is 17.7 Å². The Bertz CT molecular complexity index is 522. The summed E-state index contributed by atoms with van der Waals surface area (Å²) in [7, 11) is 0. The molecule has 1 aromatic heterocycles. The van der Waals surface area contributed by atoms with Gasteiger partial charge in [0, 0.05) is 33.1 Å². The van der Waals surface area contributed by atoms with Crippen LogP contribution < -0.4 is 15.5 Å². The average molecular weight is 326 g/mol. The Morgan fingerprint density at radius 2 is 2.09 bits per heavy atom. The minimum Gasteiger partial charge on any atom is -0.355 e. The summed E-state index contributed by atoms with van der Waals surface area (Å²) in [6.07, 6.45) is 1.78. The number of hydrogen-bond donors (Lipinski definition) is 2. The maximum Gasteiger partial charge on any atom is 0.224 e. The van der Waals surface area contributed by atoms with Crippen molar-refractivity contribution in [3.05, 3.63) is 17.3 Å². The molecule has 0 bridgehead atoms. The SMILES string of the molecule is CC(=O)NCCNC(=O)C1CCCN(c2ccc(Cl)nn2)C1. The van der Waals surface area contributed by atoms with E-state index in [1.165, 1.54) is 6.92 Å². The molecular weight excluding hydrogens is 306 g/mol. The van der Waals surface area contributed by atoms with Crippen LogP contribution in [-0.2, 0) is 9.59 Å². The van der Waals surface area contributed by atoms with Crippen molar-refractivity contribution in [1.82, 2.24) is 20.8 Å². The fraction of sp³-hybridized carbons (Fsp3) is 0.571. The molecule has 0 aromatic carbocycles. The largest absolute Gasteiger partial charge is 0.355 e. The molecule has 22 heavy (non-hydrogen) atoms. The normalized spacial score (nSPS) is 17.9. The summed E-state index contributed by atoms with van der Waals surface area (Å²) in [5, 5.41) is 13.7. The summed E-state index contributed by atoms with van der Waals surface area (Å²) in [5.41, 5.74) is 0. The maximum atomic E-state index is 12.2. The molecule has 8 heteroatoms. The van der Waals surface area contributed by atoms with Crippen molar-refractivity contribution in [3.63, 3.8) is 0 Å². The number of hydrogen-bond acceptors (Lipinski definition) is 5. The molecule has 2 rings (SSSR count). The summed E-state index contributed by atoms with van der Waals surface area (Å²) in [6.45, 7) is 3.80. The zero-order valence-electron chi connectivity index (χ0n) is 12.5. The summed E-state index contributed by atoms with van der Waals surface area (Å²) < 4.78 is 0. The molecule has 1 fully saturated rings. The van der Waals surface area contributed by atoms with E-state index in [2.05, 4.69) is 20.8 Å². The molecule has 2 N–H and O–H groups in total. The molecule has 2 heterocycles. The van der Waals surface area contributed by atoms with Gasteiger partial charge in [-0.3, -0.25) is 9.59 Å². The minimum atomic E-state index is -0.0978. The van der Waals surface area contributed by atoms with Crippen molar-refractivity contribution in [2.75, 3.05) is 31.1 Å². The molecule has 120 valence electrons. The van der Waals surface area contributed by atoms with Crippen molar-refractivity contribution >= 4 is 29.2 Å². The first-order chi connectivity index (χ1) is 10.6. The smallest absolute Gasteiger partial charge is 0.224 e. The minimum absolute atomic E-state index is 0.0111. The van der Waals surface area contributed by atoms with E-state index in [0.29, 0.717) is 24.8 Å². The zero-order chi connectivity index (χ0) is 15.9. The number of rotatable bonds is 5. The van der Waals surface area contributed by atoms with Crippen molar-refractivity contribution < 1.29 is 9.59 Å². The standard InChI is InChI=1S/C14H20ClN5O2/c1-10(21)16-6-7-17-14(22)11-3-2-8-20(9-11)13-5-4-12(15)18-19-13/h4-5,11H,2-3,6-9H2,1H3,(H,16,21)(H,17,22). The van der Waals surface area contributed by atoms with Crippen molar-refractivity contribution in [2.24, 2.45) is 5.92 Å². The van der Waals surface area contributed by atoms with Crippen LogP contribution >= 0.6 is 11.6 Å². The molecule has 2 amide bonds. The molecule has 1 aliphatic heterocycles. The van der Waals surface area contributed by atoms with Gasteiger partial charge in [-0.05, 0) is 25.0 Å². The lowest BCUT2D eigenvalue weighted by molar-refractivity contribution is -0.125. The Kier molecular flexibility index (Phi) is 5.94. The zero-order valence-corrected chi connectivity index (χ0v) is 13.3. The molecule has 0 radical (unpaired) electrons. The first-order valence-corrected chi connectivity index (χ1v) is 7.70. The molecule has 0 spiro atoms. The van der Waals surface area contributed by atoms with Gasteiger partial charge in [0.05, 0.1) is 5.92 Å². The molecule has 1 aromatic rings.